The Morgan fingerprint density at radius 3 is 2.44 bits per heavy atom. The number of carbonyl (C=O) groups excluding carboxylic acids is 2. The third-order valence-corrected chi connectivity index (χ3v) is 2.40. The maximum Gasteiger partial charge on any atom is 0.244 e. The van der Waals surface area contributed by atoms with Gasteiger partial charge in [0.1, 0.15) is 5.75 Å². The molecule has 0 saturated carbocycles. The Morgan fingerprint density at radius 2 is 1.89 bits per heavy atom. The van der Waals surface area contributed by atoms with Gasteiger partial charge in [-0.25, -0.2) is 0 Å². The first-order valence-corrected chi connectivity index (χ1v) is 5.76. The first-order valence-electron chi connectivity index (χ1n) is 5.76. The highest BCUT2D eigenvalue weighted by molar-refractivity contribution is 5.94. The van der Waals surface area contributed by atoms with Crippen LogP contribution in [0.4, 0.5) is 0 Å². The van der Waals surface area contributed by atoms with Crippen LogP contribution >= 0.6 is 0 Å². The van der Waals surface area contributed by atoms with Crippen molar-refractivity contribution in [3.05, 3.63) is 35.9 Å². The minimum absolute atomic E-state index is 0.00128. The van der Waals surface area contributed by atoms with Crippen LogP contribution in [0.2, 0.25) is 0 Å². The Hall–Kier alpha value is -2.10. The lowest BCUT2D eigenvalue weighted by Crippen LogP contribution is -2.30. The highest BCUT2D eigenvalue weighted by Gasteiger charge is 2.07. The van der Waals surface area contributed by atoms with Crippen molar-refractivity contribution >= 4 is 17.8 Å². The number of hydrogen-bond acceptors (Lipinski definition) is 3. The molecule has 4 heteroatoms. The van der Waals surface area contributed by atoms with E-state index >= 15 is 0 Å². The molecule has 0 saturated heterocycles. The second-order valence-corrected chi connectivity index (χ2v) is 4.26. The smallest absolute Gasteiger partial charge is 0.244 e. The van der Waals surface area contributed by atoms with Crippen molar-refractivity contribution in [2.24, 2.45) is 5.92 Å². The minimum atomic E-state index is -0.308. The third-order valence-electron chi connectivity index (χ3n) is 2.40. The summed E-state index contributed by atoms with van der Waals surface area (Å²) in [6.45, 7) is 3.64. The van der Waals surface area contributed by atoms with Gasteiger partial charge in [0.05, 0.1) is 6.54 Å². The van der Waals surface area contributed by atoms with Crippen LogP contribution in [0.1, 0.15) is 19.4 Å². The fraction of sp³-hybridized carbons (Fsp3) is 0.286. The van der Waals surface area contributed by atoms with Gasteiger partial charge in [-0.05, 0) is 23.8 Å². The van der Waals surface area contributed by atoms with Crippen LogP contribution in [0.15, 0.2) is 30.3 Å². The van der Waals surface area contributed by atoms with Gasteiger partial charge in [-0.2, -0.15) is 0 Å². The average Bonchev–Trinajstić information content (AvgIpc) is 2.35. The van der Waals surface area contributed by atoms with Crippen molar-refractivity contribution in [1.82, 2.24) is 5.32 Å². The summed E-state index contributed by atoms with van der Waals surface area (Å²) in [4.78, 5) is 22.7. The van der Waals surface area contributed by atoms with Crippen LogP contribution < -0.4 is 5.32 Å². The molecule has 0 aliphatic heterocycles. The third kappa shape index (κ3) is 4.82. The van der Waals surface area contributed by atoms with Crippen molar-refractivity contribution in [3.63, 3.8) is 0 Å². The topological polar surface area (TPSA) is 66.4 Å². The van der Waals surface area contributed by atoms with Crippen molar-refractivity contribution in [3.8, 4) is 5.75 Å². The molecule has 0 aliphatic carbocycles. The van der Waals surface area contributed by atoms with Gasteiger partial charge in [0, 0.05) is 12.0 Å². The quantitative estimate of drug-likeness (QED) is 0.779. The summed E-state index contributed by atoms with van der Waals surface area (Å²) in [5.41, 5.74) is 0.804. The number of benzene rings is 1. The van der Waals surface area contributed by atoms with Crippen LogP contribution in [0.25, 0.3) is 6.08 Å². The molecule has 18 heavy (non-hydrogen) atoms. The maximum absolute atomic E-state index is 11.4. The van der Waals surface area contributed by atoms with E-state index < -0.39 is 0 Å². The van der Waals surface area contributed by atoms with E-state index in [9.17, 15) is 9.59 Å². The summed E-state index contributed by atoms with van der Waals surface area (Å²) in [5, 5.41) is 11.6. The number of phenols is 1. The van der Waals surface area contributed by atoms with Crippen molar-refractivity contribution in [1.29, 1.82) is 0 Å². The van der Waals surface area contributed by atoms with Gasteiger partial charge in [0.2, 0.25) is 5.91 Å². The summed E-state index contributed by atoms with van der Waals surface area (Å²) in [6, 6.07) is 6.47. The Balaban J connectivity index is 2.45. The normalized spacial score (nSPS) is 10.8. The second-order valence-electron chi connectivity index (χ2n) is 4.26. The molecule has 0 atom stereocenters. The lowest BCUT2D eigenvalue weighted by Gasteiger charge is -2.03. The molecule has 0 spiro atoms. The number of Topliss-reactive ketones (excluding diaryl/α,β-unsaturated/α-hetero) is 1. The summed E-state index contributed by atoms with van der Waals surface area (Å²) >= 11 is 0. The number of amides is 1. The van der Waals surface area contributed by atoms with Gasteiger partial charge in [-0.1, -0.05) is 26.0 Å². The lowest BCUT2D eigenvalue weighted by atomic mass is 10.1. The van der Waals surface area contributed by atoms with Gasteiger partial charge in [-0.3, -0.25) is 9.59 Å². The first kappa shape index (κ1) is 14.0. The highest BCUT2D eigenvalue weighted by atomic mass is 16.3. The number of phenolic OH excluding ortho intramolecular Hbond substituents is 1. The molecule has 0 radical (unpaired) electrons. The van der Waals surface area contributed by atoms with E-state index in [1.807, 2.05) is 0 Å². The van der Waals surface area contributed by atoms with Crippen LogP contribution in [0, 0.1) is 5.92 Å². The molecular weight excluding hydrogens is 230 g/mol. The zero-order valence-electron chi connectivity index (χ0n) is 10.5. The standard InChI is InChI=1S/C14H17NO3/c1-10(2)13(17)9-15-14(18)8-5-11-3-6-12(16)7-4-11/h3-8,10,16H,9H2,1-2H3,(H,15,18)/b8-5+. The molecule has 0 unspecified atom stereocenters. The van der Waals surface area contributed by atoms with E-state index in [1.165, 1.54) is 6.08 Å². The zero-order chi connectivity index (χ0) is 13.5. The maximum atomic E-state index is 11.4. The highest BCUT2D eigenvalue weighted by Crippen LogP contribution is 2.10. The van der Waals surface area contributed by atoms with Gasteiger partial charge >= 0.3 is 0 Å². The molecule has 0 heterocycles. The molecule has 4 nitrogen and oxygen atoms in total. The summed E-state index contributed by atoms with van der Waals surface area (Å²) in [5.74, 6) is -0.205. The van der Waals surface area contributed by atoms with Gasteiger partial charge in [-0.15, -0.1) is 0 Å². The van der Waals surface area contributed by atoms with Crippen LogP contribution in [0.3, 0.4) is 0 Å². The van der Waals surface area contributed by atoms with Crippen LogP contribution in [0.5, 0.6) is 5.75 Å². The average molecular weight is 247 g/mol. The van der Waals surface area contributed by atoms with Crippen molar-refractivity contribution in [2.45, 2.75) is 13.8 Å². The van der Waals surface area contributed by atoms with Crippen LogP contribution in [-0.4, -0.2) is 23.3 Å². The summed E-state index contributed by atoms with van der Waals surface area (Å²) in [7, 11) is 0. The fourth-order valence-corrected chi connectivity index (χ4v) is 1.19. The number of rotatable bonds is 5. The molecule has 0 fully saturated rings. The van der Waals surface area contributed by atoms with E-state index in [1.54, 1.807) is 44.2 Å². The molecule has 1 rings (SSSR count). The molecule has 96 valence electrons. The Bertz CT molecular complexity index is 447. The molecule has 1 aromatic rings. The van der Waals surface area contributed by atoms with Gasteiger partial charge in [0.15, 0.2) is 5.78 Å². The predicted molar refractivity (Wildman–Crippen MR) is 70.0 cm³/mol. The Kier molecular flexibility index (Phi) is 5.11. The van der Waals surface area contributed by atoms with E-state index in [4.69, 9.17) is 5.11 Å². The van der Waals surface area contributed by atoms with E-state index in [2.05, 4.69) is 5.32 Å². The van der Waals surface area contributed by atoms with E-state index in [0.29, 0.717) is 0 Å². The van der Waals surface area contributed by atoms with Crippen molar-refractivity contribution in [2.75, 3.05) is 6.54 Å². The number of aromatic hydroxyl groups is 1. The fourth-order valence-electron chi connectivity index (χ4n) is 1.19. The lowest BCUT2D eigenvalue weighted by molar-refractivity contribution is -0.124. The second kappa shape index (κ2) is 6.59. The number of nitrogens with one attached hydrogen (secondary N) is 1. The Labute approximate surface area is 106 Å². The number of ketones is 1. The predicted octanol–water partition coefficient (Wildman–Crippen LogP) is 1.75. The van der Waals surface area contributed by atoms with Crippen LogP contribution in [-0.2, 0) is 9.59 Å². The largest absolute Gasteiger partial charge is 0.508 e. The van der Waals surface area contributed by atoms with Gasteiger partial charge in [0.25, 0.3) is 0 Å². The number of carbonyl (C=O) groups is 2. The molecule has 1 amide bonds. The molecule has 0 aromatic heterocycles. The zero-order valence-corrected chi connectivity index (χ0v) is 10.5. The van der Waals surface area contributed by atoms with Gasteiger partial charge < -0.3 is 10.4 Å². The minimum Gasteiger partial charge on any atom is -0.508 e. The number of hydrogen-bond donors (Lipinski definition) is 2. The summed E-state index contributed by atoms with van der Waals surface area (Å²) < 4.78 is 0. The van der Waals surface area contributed by atoms with Crippen molar-refractivity contribution < 1.29 is 14.7 Å². The first-order chi connectivity index (χ1) is 8.49. The monoisotopic (exact) mass is 247 g/mol. The molecule has 1 aromatic carbocycles. The molecule has 0 aliphatic rings. The summed E-state index contributed by atoms with van der Waals surface area (Å²) in [6.07, 6.45) is 2.98. The molecule has 0 bridgehead atoms. The molecule has 2 N–H and O–H groups in total. The van der Waals surface area contributed by atoms with E-state index in [0.717, 1.165) is 5.56 Å². The SMILES string of the molecule is CC(C)C(=O)CNC(=O)/C=C/c1ccc(O)cc1. The Morgan fingerprint density at radius 1 is 1.28 bits per heavy atom. The van der Waals surface area contributed by atoms with E-state index in [-0.39, 0.29) is 29.9 Å². The molecular formula is C14H17NO3.